The van der Waals surface area contributed by atoms with Gasteiger partial charge in [-0.1, -0.05) is 36.1 Å². The van der Waals surface area contributed by atoms with Gasteiger partial charge in [0.2, 0.25) is 0 Å². The molecule has 6 nitrogen and oxygen atoms in total. The minimum absolute atomic E-state index is 0.00594. The Bertz CT molecular complexity index is 698. The molecule has 1 amide bonds. The smallest absolute Gasteiger partial charge is 0.270 e. The first kappa shape index (κ1) is 16.1. The number of rotatable bonds is 4. The summed E-state index contributed by atoms with van der Waals surface area (Å²) in [4.78, 5) is 24.9. The summed E-state index contributed by atoms with van der Waals surface area (Å²) in [6.07, 6.45) is 3.61. The monoisotopic (exact) mass is 350 g/mol. The molecule has 2 heterocycles. The van der Waals surface area contributed by atoms with E-state index in [0.29, 0.717) is 21.3 Å². The quantitative estimate of drug-likeness (QED) is 0.360. The minimum Gasteiger partial charge on any atom is -0.376 e. The van der Waals surface area contributed by atoms with Crippen LogP contribution in [0, 0.1) is 10.1 Å². The second kappa shape index (κ2) is 6.77. The van der Waals surface area contributed by atoms with Crippen LogP contribution in [0.3, 0.4) is 0 Å². The average Bonchev–Trinajstić information content (AvgIpc) is 3.12. The third-order valence-electron chi connectivity index (χ3n) is 3.66. The van der Waals surface area contributed by atoms with Gasteiger partial charge in [-0.3, -0.25) is 19.8 Å². The number of amides is 1. The van der Waals surface area contributed by atoms with E-state index in [2.05, 4.69) is 0 Å². The molecular formula is C15H14N2O4S2. The lowest BCUT2D eigenvalue weighted by atomic mass is 10.2. The first-order chi connectivity index (χ1) is 11.0. The van der Waals surface area contributed by atoms with E-state index < -0.39 is 4.92 Å². The molecule has 0 unspecified atom stereocenters. The molecular weight excluding hydrogens is 336 g/mol. The van der Waals surface area contributed by atoms with Crippen molar-refractivity contribution >= 4 is 46.0 Å². The summed E-state index contributed by atoms with van der Waals surface area (Å²) >= 11 is 6.49. The molecule has 1 aromatic rings. The molecule has 2 aliphatic rings. The number of thiocarbonyl (C=S) groups is 1. The molecule has 2 aliphatic heterocycles. The normalized spacial score (nSPS) is 23.0. The highest BCUT2D eigenvalue weighted by atomic mass is 32.2. The largest absolute Gasteiger partial charge is 0.376 e. The Balaban J connectivity index is 1.78. The number of non-ortho nitro benzene ring substituents is 1. The zero-order valence-corrected chi connectivity index (χ0v) is 13.8. The Morgan fingerprint density at radius 2 is 2.35 bits per heavy atom. The van der Waals surface area contributed by atoms with Gasteiger partial charge in [0.15, 0.2) is 0 Å². The third kappa shape index (κ3) is 3.60. The summed E-state index contributed by atoms with van der Waals surface area (Å²) in [5, 5.41) is 10.8. The highest BCUT2D eigenvalue weighted by molar-refractivity contribution is 8.26. The maximum Gasteiger partial charge on any atom is 0.270 e. The molecule has 1 atom stereocenters. The van der Waals surface area contributed by atoms with Gasteiger partial charge in [-0.25, -0.2) is 0 Å². The Morgan fingerprint density at radius 3 is 3.04 bits per heavy atom. The number of carbonyl (C=O) groups excluding carboxylic acids is 1. The fourth-order valence-electron chi connectivity index (χ4n) is 2.53. The van der Waals surface area contributed by atoms with Crippen molar-refractivity contribution in [3.8, 4) is 0 Å². The van der Waals surface area contributed by atoms with Gasteiger partial charge in [-0.05, 0) is 24.5 Å². The van der Waals surface area contributed by atoms with Crippen LogP contribution < -0.4 is 0 Å². The van der Waals surface area contributed by atoms with Crippen LogP contribution in [0.5, 0.6) is 0 Å². The van der Waals surface area contributed by atoms with Crippen LogP contribution in [-0.2, 0) is 9.53 Å². The lowest BCUT2D eigenvalue weighted by Crippen LogP contribution is -2.35. The van der Waals surface area contributed by atoms with Crippen molar-refractivity contribution in [2.24, 2.45) is 0 Å². The Morgan fingerprint density at radius 1 is 1.52 bits per heavy atom. The lowest BCUT2D eigenvalue weighted by molar-refractivity contribution is -0.384. The summed E-state index contributed by atoms with van der Waals surface area (Å²) in [5.41, 5.74) is 0.602. The number of nitro groups is 1. The number of nitrogens with zero attached hydrogens (tertiary/aromatic N) is 2. The van der Waals surface area contributed by atoms with Crippen LogP contribution in [0.4, 0.5) is 5.69 Å². The molecule has 120 valence electrons. The van der Waals surface area contributed by atoms with E-state index in [1.54, 1.807) is 23.1 Å². The molecule has 2 fully saturated rings. The van der Waals surface area contributed by atoms with E-state index >= 15 is 0 Å². The summed E-state index contributed by atoms with van der Waals surface area (Å²) in [6, 6.07) is 6.17. The third-order valence-corrected chi connectivity index (χ3v) is 5.04. The van der Waals surface area contributed by atoms with E-state index in [4.69, 9.17) is 17.0 Å². The van der Waals surface area contributed by atoms with Crippen LogP contribution in [0.2, 0.25) is 0 Å². The Labute approximate surface area is 142 Å². The van der Waals surface area contributed by atoms with Crippen LogP contribution in [0.1, 0.15) is 18.4 Å². The van der Waals surface area contributed by atoms with E-state index in [1.807, 2.05) is 0 Å². The van der Waals surface area contributed by atoms with Gasteiger partial charge in [0, 0.05) is 18.7 Å². The van der Waals surface area contributed by atoms with Crippen molar-refractivity contribution in [1.29, 1.82) is 0 Å². The topological polar surface area (TPSA) is 72.7 Å². The van der Waals surface area contributed by atoms with Gasteiger partial charge >= 0.3 is 0 Å². The average molecular weight is 350 g/mol. The summed E-state index contributed by atoms with van der Waals surface area (Å²) in [6.45, 7) is 1.19. The van der Waals surface area contributed by atoms with Crippen LogP contribution >= 0.6 is 24.0 Å². The number of ether oxygens (including phenoxy) is 1. The SMILES string of the molecule is O=C1/C(=C\c2cccc([N+](=O)[O-])c2)SC(=S)N1C[C@H]1CCCO1. The molecule has 8 heteroatoms. The number of hydrogen-bond acceptors (Lipinski definition) is 6. The lowest BCUT2D eigenvalue weighted by Gasteiger charge is -2.18. The number of thioether (sulfide) groups is 1. The predicted octanol–water partition coefficient (Wildman–Crippen LogP) is 2.98. The van der Waals surface area contributed by atoms with E-state index in [0.717, 1.165) is 19.4 Å². The van der Waals surface area contributed by atoms with Crippen LogP contribution in [-0.4, -0.2) is 39.3 Å². The number of hydrogen-bond donors (Lipinski definition) is 0. The second-order valence-electron chi connectivity index (χ2n) is 5.28. The van der Waals surface area contributed by atoms with Crippen molar-refractivity contribution in [3.63, 3.8) is 0 Å². The zero-order valence-electron chi connectivity index (χ0n) is 12.1. The first-order valence-corrected chi connectivity index (χ1v) is 8.38. The molecule has 0 spiro atoms. The zero-order chi connectivity index (χ0) is 16.4. The summed E-state index contributed by atoms with van der Waals surface area (Å²) in [5.74, 6) is -0.165. The fourth-order valence-corrected chi connectivity index (χ4v) is 3.80. The standard InChI is InChI=1S/C15H14N2O4S2/c18-14-13(8-10-3-1-4-11(7-10)17(19)20)23-15(22)16(14)9-12-5-2-6-21-12/h1,3-4,7-8,12H,2,5-6,9H2/b13-8+/t12-/m1/s1. The van der Waals surface area contributed by atoms with Crippen molar-refractivity contribution in [2.45, 2.75) is 18.9 Å². The van der Waals surface area contributed by atoms with Gasteiger partial charge in [0.1, 0.15) is 4.32 Å². The van der Waals surface area contributed by atoms with Crippen molar-refractivity contribution in [1.82, 2.24) is 4.90 Å². The van der Waals surface area contributed by atoms with Crippen LogP contribution in [0.25, 0.3) is 6.08 Å². The molecule has 23 heavy (non-hydrogen) atoms. The minimum atomic E-state index is -0.458. The van der Waals surface area contributed by atoms with Crippen molar-refractivity contribution in [2.75, 3.05) is 13.2 Å². The van der Waals surface area contributed by atoms with Gasteiger partial charge in [-0.2, -0.15) is 0 Å². The molecule has 0 N–H and O–H groups in total. The molecule has 0 aromatic heterocycles. The van der Waals surface area contributed by atoms with Gasteiger partial charge in [0.05, 0.1) is 22.5 Å². The van der Waals surface area contributed by atoms with Crippen molar-refractivity contribution < 1.29 is 14.5 Å². The first-order valence-electron chi connectivity index (χ1n) is 7.16. The maximum absolute atomic E-state index is 12.5. The second-order valence-corrected chi connectivity index (χ2v) is 6.96. The summed E-state index contributed by atoms with van der Waals surface area (Å²) in [7, 11) is 0. The highest BCUT2D eigenvalue weighted by Crippen LogP contribution is 2.33. The number of nitro benzene ring substituents is 1. The maximum atomic E-state index is 12.5. The Kier molecular flexibility index (Phi) is 4.74. The molecule has 2 saturated heterocycles. The van der Waals surface area contributed by atoms with Gasteiger partial charge in [-0.15, -0.1) is 0 Å². The van der Waals surface area contributed by atoms with Gasteiger partial charge < -0.3 is 4.74 Å². The number of benzene rings is 1. The van der Waals surface area contributed by atoms with Crippen LogP contribution in [0.15, 0.2) is 29.2 Å². The van der Waals surface area contributed by atoms with E-state index in [-0.39, 0.29) is 17.7 Å². The number of carbonyl (C=O) groups is 1. The van der Waals surface area contributed by atoms with E-state index in [1.165, 1.54) is 23.9 Å². The van der Waals surface area contributed by atoms with E-state index in [9.17, 15) is 14.9 Å². The summed E-state index contributed by atoms with van der Waals surface area (Å²) < 4.78 is 6.05. The molecule has 0 aliphatic carbocycles. The van der Waals surface area contributed by atoms with Gasteiger partial charge in [0.25, 0.3) is 11.6 Å². The molecule has 1 aromatic carbocycles. The molecule has 3 rings (SSSR count). The Hall–Kier alpha value is -1.77. The van der Waals surface area contributed by atoms with Crippen molar-refractivity contribution in [3.05, 3.63) is 44.8 Å². The predicted molar refractivity (Wildman–Crippen MR) is 91.9 cm³/mol. The molecule has 0 saturated carbocycles. The molecule has 0 radical (unpaired) electrons. The fraction of sp³-hybridized carbons (Fsp3) is 0.333. The molecule has 0 bridgehead atoms. The highest BCUT2D eigenvalue weighted by Gasteiger charge is 2.34.